The number of hydrogen-bond donors (Lipinski definition) is 1. The van der Waals surface area contributed by atoms with Gasteiger partial charge in [0.15, 0.2) is 5.65 Å². The Labute approximate surface area is 120 Å². The number of anilines is 1. The van der Waals surface area contributed by atoms with Gasteiger partial charge in [0.2, 0.25) is 11.9 Å². The lowest BCUT2D eigenvalue weighted by atomic mass is 10.3. The molecule has 112 valence electrons. The summed E-state index contributed by atoms with van der Waals surface area (Å²) in [7, 11) is 0. The van der Waals surface area contributed by atoms with Crippen LogP contribution in [0.1, 0.15) is 6.42 Å². The van der Waals surface area contributed by atoms with Crippen molar-refractivity contribution in [1.82, 2.24) is 19.5 Å². The van der Waals surface area contributed by atoms with Crippen molar-refractivity contribution in [2.45, 2.75) is 6.42 Å². The normalized spacial score (nSPS) is 15.4. The van der Waals surface area contributed by atoms with Crippen molar-refractivity contribution in [2.24, 2.45) is 0 Å². The number of carbonyl (C=O) groups is 1. The predicted octanol–water partition coefficient (Wildman–Crippen LogP) is 0.529. The van der Waals surface area contributed by atoms with Crippen LogP contribution in [0.3, 0.4) is 0 Å². The van der Waals surface area contributed by atoms with E-state index in [2.05, 4.69) is 15.4 Å². The van der Waals surface area contributed by atoms with Crippen LogP contribution in [0.2, 0.25) is 0 Å². The third-order valence-corrected chi connectivity index (χ3v) is 3.28. The van der Waals surface area contributed by atoms with E-state index in [1.165, 1.54) is 16.8 Å². The Kier molecular flexibility index (Phi) is 3.96. The van der Waals surface area contributed by atoms with Crippen LogP contribution in [0.5, 0.6) is 0 Å². The number of halogens is 1. The molecule has 8 heteroatoms. The van der Waals surface area contributed by atoms with Crippen LogP contribution >= 0.6 is 0 Å². The van der Waals surface area contributed by atoms with Gasteiger partial charge in [-0.3, -0.25) is 4.79 Å². The monoisotopic (exact) mass is 293 g/mol. The zero-order chi connectivity index (χ0) is 14.7. The van der Waals surface area contributed by atoms with Gasteiger partial charge >= 0.3 is 0 Å². The summed E-state index contributed by atoms with van der Waals surface area (Å²) in [6.45, 7) is 2.92. The zero-order valence-electron chi connectivity index (χ0n) is 11.5. The van der Waals surface area contributed by atoms with Gasteiger partial charge in [-0.1, -0.05) is 0 Å². The van der Waals surface area contributed by atoms with Gasteiger partial charge in [-0.25, -0.2) is 8.91 Å². The van der Waals surface area contributed by atoms with Crippen LogP contribution < -0.4 is 5.32 Å². The van der Waals surface area contributed by atoms with Crippen molar-refractivity contribution in [2.75, 3.05) is 38.2 Å². The number of hydrogen-bond acceptors (Lipinski definition) is 5. The van der Waals surface area contributed by atoms with E-state index in [4.69, 9.17) is 4.74 Å². The number of amides is 1. The number of morpholine rings is 1. The van der Waals surface area contributed by atoms with Gasteiger partial charge in [0.25, 0.3) is 0 Å². The molecule has 1 amide bonds. The van der Waals surface area contributed by atoms with Gasteiger partial charge in [-0.2, -0.15) is 4.98 Å². The third-order valence-electron chi connectivity index (χ3n) is 3.28. The fourth-order valence-corrected chi connectivity index (χ4v) is 2.18. The number of rotatable bonds is 4. The molecular formula is C13H16FN5O2. The van der Waals surface area contributed by atoms with Crippen molar-refractivity contribution in [3.63, 3.8) is 0 Å². The number of nitrogens with one attached hydrogen (secondary N) is 1. The number of ether oxygens (including phenoxy) is 1. The molecule has 1 aliphatic rings. The summed E-state index contributed by atoms with van der Waals surface area (Å²) in [5.74, 6) is 0.0948. The molecule has 0 radical (unpaired) electrons. The minimum atomic E-state index is -0.374. The van der Waals surface area contributed by atoms with Crippen molar-refractivity contribution in [1.29, 1.82) is 0 Å². The first kappa shape index (κ1) is 13.7. The Bertz CT molecular complexity index is 639. The molecule has 0 bridgehead atoms. The summed E-state index contributed by atoms with van der Waals surface area (Å²) in [5.41, 5.74) is 0.554. The van der Waals surface area contributed by atoms with E-state index in [1.54, 1.807) is 11.0 Å². The van der Waals surface area contributed by atoms with Gasteiger partial charge in [0.1, 0.15) is 5.82 Å². The molecule has 3 heterocycles. The van der Waals surface area contributed by atoms with Crippen molar-refractivity contribution < 1.29 is 13.9 Å². The molecule has 0 atom stereocenters. The average molecular weight is 293 g/mol. The maximum atomic E-state index is 13.0. The fraction of sp³-hybridized carbons (Fsp3) is 0.462. The van der Waals surface area contributed by atoms with Crippen LogP contribution in [-0.4, -0.2) is 58.3 Å². The lowest BCUT2D eigenvalue weighted by molar-refractivity contribution is -0.134. The SMILES string of the molecule is O=C(CCNc1nc2ccc(F)cn2n1)N1CCOCC1. The van der Waals surface area contributed by atoms with Crippen LogP contribution in [0, 0.1) is 5.82 Å². The van der Waals surface area contributed by atoms with E-state index in [0.29, 0.717) is 50.9 Å². The van der Waals surface area contributed by atoms with E-state index in [9.17, 15) is 9.18 Å². The third kappa shape index (κ3) is 3.27. The second-order valence-corrected chi connectivity index (χ2v) is 4.76. The number of pyridine rings is 1. The number of fused-ring (bicyclic) bond motifs is 1. The molecule has 7 nitrogen and oxygen atoms in total. The van der Waals surface area contributed by atoms with E-state index in [1.807, 2.05) is 0 Å². The number of carbonyl (C=O) groups excluding carboxylic acids is 1. The van der Waals surface area contributed by atoms with Crippen molar-refractivity contribution in [3.8, 4) is 0 Å². The molecule has 0 unspecified atom stereocenters. The van der Waals surface area contributed by atoms with E-state index < -0.39 is 0 Å². The standard InChI is InChI=1S/C13H16FN5O2/c14-10-1-2-11-16-13(17-19(11)9-10)15-4-3-12(20)18-5-7-21-8-6-18/h1-2,9H,3-8H2,(H,15,17). The van der Waals surface area contributed by atoms with Crippen LogP contribution in [-0.2, 0) is 9.53 Å². The molecule has 0 aromatic carbocycles. The second-order valence-electron chi connectivity index (χ2n) is 4.76. The predicted molar refractivity (Wildman–Crippen MR) is 73.5 cm³/mol. The number of aromatic nitrogens is 3. The Balaban J connectivity index is 1.53. The Hall–Kier alpha value is -2.22. The highest BCUT2D eigenvalue weighted by Gasteiger charge is 2.16. The molecule has 21 heavy (non-hydrogen) atoms. The van der Waals surface area contributed by atoms with Crippen molar-refractivity contribution in [3.05, 3.63) is 24.1 Å². The highest BCUT2D eigenvalue weighted by atomic mass is 19.1. The Morgan fingerprint density at radius 2 is 2.19 bits per heavy atom. The Morgan fingerprint density at radius 3 is 3.00 bits per heavy atom. The molecule has 2 aromatic heterocycles. The van der Waals surface area contributed by atoms with Gasteiger partial charge < -0.3 is 15.0 Å². The lowest BCUT2D eigenvalue weighted by Crippen LogP contribution is -2.41. The summed E-state index contributed by atoms with van der Waals surface area (Å²) in [6.07, 6.45) is 1.62. The quantitative estimate of drug-likeness (QED) is 0.890. The topological polar surface area (TPSA) is 71.8 Å². The first-order valence-electron chi connectivity index (χ1n) is 6.84. The number of nitrogens with zero attached hydrogens (tertiary/aromatic N) is 4. The van der Waals surface area contributed by atoms with Crippen LogP contribution in [0.15, 0.2) is 18.3 Å². The van der Waals surface area contributed by atoms with E-state index in [0.717, 1.165) is 0 Å². The van der Waals surface area contributed by atoms with E-state index in [-0.39, 0.29) is 11.7 Å². The molecule has 2 aromatic rings. The van der Waals surface area contributed by atoms with Crippen molar-refractivity contribution >= 4 is 17.5 Å². The maximum Gasteiger partial charge on any atom is 0.243 e. The summed E-state index contributed by atoms with van der Waals surface area (Å²) < 4.78 is 19.6. The van der Waals surface area contributed by atoms with Crippen LogP contribution in [0.4, 0.5) is 10.3 Å². The molecule has 0 saturated carbocycles. The average Bonchev–Trinajstić information content (AvgIpc) is 2.89. The zero-order valence-corrected chi connectivity index (χ0v) is 11.5. The van der Waals surface area contributed by atoms with Crippen LogP contribution in [0.25, 0.3) is 5.65 Å². The summed E-state index contributed by atoms with van der Waals surface area (Å²) >= 11 is 0. The summed E-state index contributed by atoms with van der Waals surface area (Å²) in [6, 6.07) is 2.88. The molecule has 1 fully saturated rings. The van der Waals surface area contributed by atoms with Gasteiger partial charge in [0, 0.05) is 26.1 Å². The largest absolute Gasteiger partial charge is 0.378 e. The smallest absolute Gasteiger partial charge is 0.243 e. The minimum Gasteiger partial charge on any atom is -0.378 e. The van der Waals surface area contributed by atoms with Gasteiger partial charge in [-0.15, -0.1) is 5.10 Å². The molecule has 1 N–H and O–H groups in total. The highest BCUT2D eigenvalue weighted by Crippen LogP contribution is 2.07. The molecule has 3 rings (SSSR count). The lowest BCUT2D eigenvalue weighted by Gasteiger charge is -2.26. The molecule has 1 aliphatic heterocycles. The van der Waals surface area contributed by atoms with Gasteiger partial charge in [-0.05, 0) is 12.1 Å². The molecule has 1 saturated heterocycles. The van der Waals surface area contributed by atoms with E-state index >= 15 is 0 Å². The molecule has 0 spiro atoms. The first-order chi connectivity index (χ1) is 10.2. The second kappa shape index (κ2) is 6.04. The summed E-state index contributed by atoms with van der Waals surface area (Å²) in [4.78, 5) is 17.9. The molecule has 0 aliphatic carbocycles. The highest BCUT2D eigenvalue weighted by molar-refractivity contribution is 5.76. The van der Waals surface area contributed by atoms with Gasteiger partial charge in [0.05, 0.1) is 19.4 Å². The summed E-state index contributed by atoms with van der Waals surface area (Å²) in [5, 5.41) is 7.07. The minimum absolute atomic E-state index is 0.0839. The first-order valence-corrected chi connectivity index (χ1v) is 6.84. The molecular weight excluding hydrogens is 277 g/mol. The Morgan fingerprint density at radius 1 is 1.38 bits per heavy atom. The maximum absolute atomic E-state index is 13.0. The fourth-order valence-electron chi connectivity index (χ4n) is 2.18.